The largest absolute Gasteiger partial charge is 0.497 e. The van der Waals surface area contributed by atoms with E-state index < -0.39 is 0 Å². The number of fused-ring (bicyclic) bond motifs is 4. The van der Waals surface area contributed by atoms with Crippen LogP contribution in [-0.4, -0.2) is 49.4 Å². The fraction of sp³-hybridized carbons (Fsp3) is 0.621. The van der Waals surface area contributed by atoms with Crippen LogP contribution in [0, 0.1) is 0 Å². The Kier molecular flexibility index (Phi) is 9.56. The summed E-state index contributed by atoms with van der Waals surface area (Å²) in [5.41, 5.74) is 3.62. The van der Waals surface area contributed by atoms with E-state index in [1.807, 2.05) is 23.9 Å². The monoisotopic (exact) mass is 509 g/mol. The Balaban J connectivity index is 1.33. The molecule has 2 saturated carbocycles. The summed E-state index contributed by atoms with van der Waals surface area (Å²) in [6.07, 6.45) is 10.3. The van der Waals surface area contributed by atoms with Crippen molar-refractivity contribution in [3.63, 3.8) is 0 Å². The molecule has 196 valence electrons. The first-order valence-electron chi connectivity index (χ1n) is 14.0. The molecule has 2 aliphatic carbocycles. The van der Waals surface area contributed by atoms with E-state index in [0.717, 1.165) is 49.1 Å². The molecule has 1 aromatic heterocycles. The fourth-order valence-corrected chi connectivity index (χ4v) is 6.96. The number of rotatable bonds is 4. The lowest BCUT2D eigenvalue weighted by Gasteiger charge is -2.34. The highest BCUT2D eigenvalue weighted by Gasteiger charge is 2.27. The van der Waals surface area contributed by atoms with Crippen LogP contribution in [0.1, 0.15) is 68.3 Å². The van der Waals surface area contributed by atoms with Gasteiger partial charge >= 0.3 is 0 Å². The average molecular weight is 510 g/mol. The number of methoxy groups -OCH3 is 1. The van der Waals surface area contributed by atoms with Gasteiger partial charge in [-0.15, -0.1) is 11.8 Å². The van der Waals surface area contributed by atoms with Crippen molar-refractivity contribution in [3.05, 3.63) is 53.3 Å². The van der Waals surface area contributed by atoms with Gasteiger partial charge in [0.1, 0.15) is 5.75 Å². The van der Waals surface area contributed by atoms with Gasteiger partial charge in [-0.25, -0.2) is 0 Å². The molecule has 7 heteroatoms. The van der Waals surface area contributed by atoms with E-state index in [0.29, 0.717) is 24.2 Å². The van der Waals surface area contributed by atoms with Gasteiger partial charge in [0.25, 0.3) is 0 Å². The molecule has 3 aliphatic rings. The van der Waals surface area contributed by atoms with Crippen molar-refractivity contribution in [2.45, 2.75) is 99.3 Å². The summed E-state index contributed by atoms with van der Waals surface area (Å²) in [6, 6.07) is 15.1. The summed E-state index contributed by atoms with van der Waals surface area (Å²) in [5, 5.41) is 15.5. The third-order valence-corrected chi connectivity index (χ3v) is 9.08. The van der Waals surface area contributed by atoms with Gasteiger partial charge in [-0.3, -0.25) is 4.98 Å². The van der Waals surface area contributed by atoms with E-state index >= 15 is 0 Å². The van der Waals surface area contributed by atoms with Gasteiger partial charge in [0.05, 0.1) is 18.5 Å². The van der Waals surface area contributed by atoms with Crippen LogP contribution < -0.4 is 26.0 Å². The Bertz CT molecular complexity index is 907. The molecule has 2 aromatic rings. The number of hydrogen-bond donors (Lipinski definition) is 4. The van der Waals surface area contributed by atoms with Gasteiger partial charge in [0.15, 0.2) is 0 Å². The van der Waals surface area contributed by atoms with Gasteiger partial charge in [0, 0.05) is 61.0 Å². The van der Waals surface area contributed by atoms with E-state index in [-0.39, 0.29) is 0 Å². The molecule has 4 atom stereocenters. The Morgan fingerprint density at radius 1 is 0.750 bits per heavy atom. The molecule has 6 nitrogen and oxygen atoms in total. The molecule has 36 heavy (non-hydrogen) atoms. The van der Waals surface area contributed by atoms with Gasteiger partial charge in [-0.1, -0.05) is 37.8 Å². The topological polar surface area (TPSA) is 70.2 Å². The quantitative estimate of drug-likeness (QED) is 0.456. The minimum absolute atomic E-state index is 0.519. The summed E-state index contributed by atoms with van der Waals surface area (Å²) in [5.74, 6) is 1.85. The molecule has 0 saturated heterocycles. The van der Waals surface area contributed by atoms with Crippen LogP contribution in [0.4, 0.5) is 0 Å². The van der Waals surface area contributed by atoms with Gasteiger partial charge in [-0.05, 0) is 55.5 Å². The summed E-state index contributed by atoms with van der Waals surface area (Å²) in [7, 11) is 1.72. The Morgan fingerprint density at radius 2 is 1.25 bits per heavy atom. The highest BCUT2D eigenvalue weighted by molar-refractivity contribution is 7.98. The summed E-state index contributed by atoms with van der Waals surface area (Å²) in [4.78, 5) is 6.40. The first-order chi connectivity index (χ1) is 17.8. The summed E-state index contributed by atoms with van der Waals surface area (Å²) < 4.78 is 5.31. The van der Waals surface area contributed by atoms with Crippen molar-refractivity contribution in [1.29, 1.82) is 0 Å². The standard InChI is InChI=1S/C29H43N5OS/c1-35-24-12-10-21(11-13-24)20-36-25-16-22-18-32-28-8-4-2-6-26(28)30-14-15-31-27-7-3-5-9-29(27)33-19-23(17-25)34-22/h10-13,16-17,26-33H,2-9,14-15,18-20H2,1H3/t26-,27?,28-,29?/m1/s1. The van der Waals surface area contributed by atoms with E-state index in [4.69, 9.17) is 9.72 Å². The summed E-state index contributed by atoms with van der Waals surface area (Å²) >= 11 is 1.90. The molecule has 0 amide bonds. The van der Waals surface area contributed by atoms with Crippen LogP contribution in [-0.2, 0) is 18.8 Å². The van der Waals surface area contributed by atoms with Crippen LogP contribution in [0.25, 0.3) is 0 Å². The molecule has 1 aromatic carbocycles. The van der Waals surface area contributed by atoms with E-state index in [1.54, 1.807) is 7.11 Å². The van der Waals surface area contributed by atoms with Gasteiger partial charge in [0.2, 0.25) is 0 Å². The lowest BCUT2D eigenvalue weighted by molar-refractivity contribution is 0.266. The second kappa shape index (κ2) is 13.2. The molecular weight excluding hydrogens is 466 g/mol. The summed E-state index contributed by atoms with van der Waals surface area (Å²) in [6.45, 7) is 3.75. The van der Waals surface area contributed by atoms with Crippen molar-refractivity contribution < 1.29 is 4.74 Å². The smallest absolute Gasteiger partial charge is 0.118 e. The fourth-order valence-electron chi connectivity index (χ4n) is 6.00. The van der Waals surface area contributed by atoms with Crippen molar-refractivity contribution in [3.8, 4) is 5.75 Å². The Morgan fingerprint density at radius 3 is 1.75 bits per heavy atom. The number of nitrogens with zero attached hydrogens (tertiary/aromatic N) is 1. The predicted octanol–water partition coefficient (Wildman–Crippen LogP) is 4.38. The van der Waals surface area contributed by atoms with Crippen LogP contribution in [0.5, 0.6) is 5.75 Å². The van der Waals surface area contributed by atoms with Crippen LogP contribution in [0.2, 0.25) is 0 Å². The van der Waals surface area contributed by atoms with Crippen LogP contribution >= 0.6 is 11.8 Å². The average Bonchev–Trinajstić information content (AvgIpc) is 2.93. The highest BCUT2D eigenvalue weighted by Crippen LogP contribution is 2.26. The molecule has 2 bridgehead atoms. The highest BCUT2D eigenvalue weighted by atomic mass is 32.2. The van der Waals surface area contributed by atoms with Gasteiger partial charge < -0.3 is 26.0 Å². The minimum Gasteiger partial charge on any atom is -0.497 e. The minimum atomic E-state index is 0.519. The molecule has 0 radical (unpaired) electrons. The zero-order valence-corrected chi connectivity index (χ0v) is 22.5. The molecule has 2 fully saturated rings. The second-order valence-electron chi connectivity index (χ2n) is 10.6. The number of thioether (sulfide) groups is 1. The molecule has 5 rings (SSSR count). The number of nitrogens with one attached hydrogen (secondary N) is 4. The molecule has 2 heterocycles. The van der Waals surface area contributed by atoms with E-state index in [2.05, 4.69) is 45.5 Å². The number of aromatic nitrogens is 1. The SMILES string of the molecule is COc1ccc(CSc2cc3nc(c2)CN[C@@H]2CCCC[C@H]2NCCNC2CCCCC2NC3)cc1. The third kappa shape index (κ3) is 7.23. The second-order valence-corrected chi connectivity index (χ2v) is 11.6. The van der Waals surface area contributed by atoms with Gasteiger partial charge in [-0.2, -0.15) is 0 Å². The third-order valence-electron chi connectivity index (χ3n) is 8.03. The number of hydrogen-bond acceptors (Lipinski definition) is 7. The van der Waals surface area contributed by atoms with E-state index in [1.165, 1.54) is 61.8 Å². The zero-order valence-electron chi connectivity index (χ0n) is 21.7. The molecule has 0 spiro atoms. The van der Waals surface area contributed by atoms with Crippen molar-refractivity contribution >= 4 is 11.8 Å². The maximum absolute atomic E-state index is 5.31. The van der Waals surface area contributed by atoms with Crippen LogP contribution in [0.15, 0.2) is 41.3 Å². The van der Waals surface area contributed by atoms with Crippen molar-refractivity contribution in [2.75, 3.05) is 20.2 Å². The maximum atomic E-state index is 5.31. The number of pyridine rings is 1. The molecular formula is C29H43N5OS. The first-order valence-corrected chi connectivity index (χ1v) is 14.9. The van der Waals surface area contributed by atoms with E-state index in [9.17, 15) is 0 Å². The zero-order chi connectivity index (χ0) is 24.6. The van der Waals surface area contributed by atoms with Crippen molar-refractivity contribution in [1.82, 2.24) is 26.3 Å². The van der Waals surface area contributed by atoms with Crippen LogP contribution in [0.3, 0.4) is 0 Å². The van der Waals surface area contributed by atoms with Crippen molar-refractivity contribution in [2.24, 2.45) is 0 Å². The molecule has 2 unspecified atom stereocenters. The maximum Gasteiger partial charge on any atom is 0.118 e. The first kappa shape index (κ1) is 26.0. The normalized spacial score (nSPS) is 27.7. The Labute approximate surface area is 221 Å². The predicted molar refractivity (Wildman–Crippen MR) is 149 cm³/mol. The molecule has 1 aliphatic heterocycles. The Hall–Kier alpha value is -1.64. The number of ether oxygens (including phenoxy) is 1. The lowest BCUT2D eigenvalue weighted by Crippen LogP contribution is -2.53. The number of benzene rings is 1. The lowest BCUT2D eigenvalue weighted by atomic mass is 9.89. The molecule has 4 N–H and O–H groups in total.